The molecule has 2 amide bonds. The maximum absolute atomic E-state index is 14.6. The van der Waals surface area contributed by atoms with E-state index in [4.69, 9.17) is 11.6 Å². The third-order valence-electron chi connectivity index (χ3n) is 5.30. The number of nitrogens with zero attached hydrogens (tertiary/aromatic N) is 1. The Bertz CT molecular complexity index is 1200. The van der Waals surface area contributed by atoms with Crippen molar-refractivity contribution in [1.82, 2.24) is 15.5 Å². The molecule has 1 aliphatic rings. The van der Waals surface area contributed by atoms with Gasteiger partial charge in [-0.2, -0.15) is 5.10 Å². The zero-order valence-electron chi connectivity index (χ0n) is 16.5. The molecule has 1 aliphatic heterocycles. The van der Waals surface area contributed by atoms with Crippen molar-refractivity contribution in [3.05, 3.63) is 69.8 Å². The summed E-state index contributed by atoms with van der Waals surface area (Å²) in [6.07, 6.45) is 0.751. The second-order valence-electron chi connectivity index (χ2n) is 7.25. The molecule has 0 radical (unpaired) electrons. The average molecular weight is 427 g/mol. The molecule has 0 fully saturated rings. The van der Waals surface area contributed by atoms with E-state index >= 15 is 0 Å². The van der Waals surface area contributed by atoms with Crippen LogP contribution in [0.3, 0.4) is 0 Å². The number of aromatic nitrogens is 2. The van der Waals surface area contributed by atoms with Crippen LogP contribution in [-0.2, 0) is 16.0 Å². The van der Waals surface area contributed by atoms with Gasteiger partial charge in [-0.05, 0) is 49.2 Å². The summed E-state index contributed by atoms with van der Waals surface area (Å²) < 4.78 is 14.6. The Labute approximate surface area is 177 Å². The van der Waals surface area contributed by atoms with E-state index in [0.29, 0.717) is 17.0 Å². The highest BCUT2D eigenvalue weighted by atomic mass is 35.5. The van der Waals surface area contributed by atoms with Crippen molar-refractivity contribution in [1.29, 1.82) is 0 Å². The molecular weight excluding hydrogens is 407 g/mol. The molecular formula is C22H20ClFN4O2. The normalized spacial score (nSPS) is 16.7. The molecule has 0 aliphatic carbocycles. The second-order valence-corrected chi connectivity index (χ2v) is 7.69. The fourth-order valence-corrected chi connectivity index (χ4v) is 4.02. The van der Waals surface area contributed by atoms with E-state index in [-0.39, 0.29) is 22.9 Å². The molecule has 1 aromatic heterocycles. The number of amides is 2. The predicted octanol–water partition coefficient (Wildman–Crippen LogP) is 4.43. The Morgan fingerprint density at radius 2 is 2.10 bits per heavy atom. The summed E-state index contributed by atoms with van der Waals surface area (Å²) in [6.45, 7) is 3.66. The number of allylic oxidation sites excluding steroid dienone is 1. The molecule has 2 heterocycles. The smallest absolute Gasteiger partial charge is 0.253 e. The second kappa shape index (κ2) is 7.91. The van der Waals surface area contributed by atoms with Crippen LogP contribution in [-0.4, -0.2) is 22.0 Å². The van der Waals surface area contributed by atoms with Gasteiger partial charge < -0.3 is 10.6 Å². The van der Waals surface area contributed by atoms with Gasteiger partial charge in [0.1, 0.15) is 5.82 Å². The summed E-state index contributed by atoms with van der Waals surface area (Å²) >= 11 is 5.86. The maximum atomic E-state index is 14.6. The number of carbonyl (C=O) groups is 2. The summed E-state index contributed by atoms with van der Waals surface area (Å²) in [5, 5.41) is 14.0. The summed E-state index contributed by atoms with van der Waals surface area (Å²) in [4.78, 5) is 25.3. The standard InChI is InChI=1S/C22H20ClFN4O2/c1-3-18-16-9-13(5-7-19(16)28-27-18)26-22(30)21-11(2)25-20(29)10-15(21)14-6-4-12(23)8-17(14)24/h4-9,15H,3,10H2,1-2H3,(H,25,29)(H,26,30)(H,27,28). The number of aryl methyl sites for hydroxylation is 1. The third-order valence-corrected chi connectivity index (χ3v) is 5.53. The number of halogens is 2. The zero-order valence-corrected chi connectivity index (χ0v) is 17.2. The van der Waals surface area contributed by atoms with Gasteiger partial charge in [-0.25, -0.2) is 4.39 Å². The zero-order chi connectivity index (χ0) is 21.4. The van der Waals surface area contributed by atoms with Gasteiger partial charge in [-0.1, -0.05) is 24.6 Å². The molecule has 1 unspecified atom stereocenters. The molecule has 2 aromatic carbocycles. The largest absolute Gasteiger partial charge is 0.330 e. The molecule has 8 heteroatoms. The highest BCUT2D eigenvalue weighted by Gasteiger charge is 2.33. The Morgan fingerprint density at radius 3 is 2.83 bits per heavy atom. The monoisotopic (exact) mass is 426 g/mol. The van der Waals surface area contributed by atoms with Crippen LogP contribution in [0, 0.1) is 5.82 Å². The molecule has 0 bridgehead atoms. The number of rotatable bonds is 4. The summed E-state index contributed by atoms with van der Waals surface area (Å²) in [7, 11) is 0. The van der Waals surface area contributed by atoms with Crippen LogP contribution in [0.1, 0.15) is 37.4 Å². The molecule has 30 heavy (non-hydrogen) atoms. The number of aromatic amines is 1. The summed E-state index contributed by atoms with van der Waals surface area (Å²) in [6, 6.07) is 9.69. The van der Waals surface area contributed by atoms with Crippen LogP contribution < -0.4 is 10.6 Å². The lowest BCUT2D eigenvalue weighted by atomic mass is 9.83. The van der Waals surface area contributed by atoms with Gasteiger partial charge in [-0.15, -0.1) is 0 Å². The average Bonchev–Trinajstić information content (AvgIpc) is 3.09. The van der Waals surface area contributed by atoms with Gasteiger partial charge in [0.15, 0.2) is 0 Å². The lowest BCUT2D eigenvalue weighted by Gasteiger charge is -2.27. The first-order valence-electron chi connectivity index (χ1n) is 9.61. The molecule has 3 aromatic rings. The van der Waals surface area contributed by atoms with Crippen molar-refractivity contribution in [2.75, 3.05) is 5.32 Å². The number of anilines is 1. The van der Waals surface area contributed by atoms with E-state index in [1.54, 1.807) is 19.1 Å². The Kier molecular flexibility index (Phi) is 5.30. The van der Waals surface area contributed by atoms with Gasteiger partial charge >= 0.3 is 0 Å². The van der Waals surface area contributed by atoms with Crippen LogP contribution in [0.5, 0.6) is 0 Å². The fraction of sp³-hybridized carbons (Fsp3) is 0.227. The van der Waals surface area contributed by atoms with E-state index in [0.717, 1.165) is 23.0 Å². The molecule has 1 atom stereocenters. The van der Waals surface area contributed by atoms with Gasteiger partial charge in [0.05, 0.1) is 5.52 Å². The lowest BCUT2D eigenvalue weighted by molar-refractivity contribution is -0.121. The molecule has 0 saturated heterocycles. The molecule has 0 saturated carbocycles. The lowest BCUT2D eigenvalue weighted by Crippen LogP contribution is -2.35. The highest BCUT2D eigenvalue weighted by Crippen LogP contribution is 2.36. The SMILES string of the molecule is CCc1[nH]nc2ccc(NC(=O)C3=C(C)NC(=O)CC3c3ccc(Cl)cc3F)cc12. The minimum Gasteiger partial charge on any atom is -0.330 e. The van der Waals surface area contributed by atoms with E-state index in [1.165, 1.54) is 12.1 Å². The summed E-state index contributed by atoms with van der Waals surface area (Å²) in [5.74, 6) is -1.92. The first-order valence-corrected chi connectivity index (χ1v) is 9.99. The van der Waals surface area contributed by atoms with E-state index in [9.17, 15) is 14.0 Å². The van der Waals surface area contributed by atoms with Crippen LogP contribution >= 0.6 is 11.6 Å². The number of fused-ring (bicyclic) bond motifs is 1. The molecule has 3 N–H and O–H groups in total. The Balaban J connectivity index is 1.69. The van der Waals surface area contributed by atoms with Crippen molar-refractivity contribution in [2.45, 2.75) is 32.6 Å². The fourth-order valence-electron chi connectivity index (χ4n) is 3.86. The quantitative estimate of drug-likeness (QED) is 0.576. The number of hydrogen-bond acceptors (Lipinski definition) is 3. The first kappa shape index (κ1) is 20.1. The van der Waals surface area contributed by atoms with Crippen LogP contribution in [0.25, 0.3) is 10.9 Å². The number of nitrogens with one attached hydrogen (secondary N) is 3. The van der Waals surface area contributed by atoms with Crippen molar-refractivity contribution in [3.8, 4) is 0 Å². The minimum absolute atomic E-state index is 0.0284. The van der Waals surface area contributed by atoms with Gasteiger partial charge in [0.2, 0.25) is 5.91 Å². The molecule has 154 valence electrons. The maximum Gasteiger partial charge on any atom is 0.253 e. The van der Waals surface area contributed by atoms with Crippen LogP contribution in [0.4, 0.5) is 10.1 Å². The minimum atomic E-state index is -0.708. The number of hydrogen-bond donors (Lipinski definition) is 3. The van der Waals surface area contributed by atoms with Crippen LogP contribution in [0.15, 0.2) is 47.7 Å². The number of benzene rings is 2. The predicted molar refractivity (Wildman–Crippen MR) is 114 cm³/mol. The van der Waals surface area contributed by atoms with Gasteiger partial charge in [0, 0.05) is 45.4 Å². The molecule has 4 rings (SSSR count). The van der Waals surface area contributed by atoms with E-state index < -0.39 is 17.6 Å². The van der Waals surface area contributed by atoms with Crippen molar-refractivity contribution in [2.24, 2.45) is 0 Å². The van der Waals surface area contributed by atoms with E-state index in [2.05, 4.69) is 20.8 Å². The van der Waals surface area contributed by atoms with Gasteiger partial charge in [-0.3, -0.25) is 14.7 Å². The molecule has 6 nitrogen and oxygen atoms in total. The van der Waals surface area contributed by atoms with Crippen molar-refractivity contribution in [3.63, 3.8) is 0 Å². The summed E-state index contributed by atoms with van der Waals surface area (Å²) in [5.41, 5.74) is 3.36. The van der Waals surface area contributed by atoms with Gasteiger partial charge in [0.25, 0.3) is 5.91 Å². The Morgan fingerprint density at radius 1 is 1.30 bits per heavy atom. The third kappa shape index (κ3) is 3.68. The number of H-pyrrole nitrogens is 1. The number of carbonyl (C=O) groups excluding carboxylic acids is 2. The Hall–Kier alpha value is -3.19. The van der Waals surface area contributed by atoms with E-state index in [1.807, 2.05) is 19.1 Å². The van der Waals surface area contributed by atoms with Crippen LogP contribution in [0.2, 0.25) is 5.02 Å². The molecule has 0 spiro atoms. The van der Waals surface area contributed by atoms with Crippen molar-refractivity contribution < 1.29 is 14.0 Å². The highest BCUT2D eigenvalue weighted by molar-refractivity contribution is 6.30. The topological polar surface area (TPSA) is 86.9 Å². The first-order chi connectivity index (χ1) is 14.4. The van der Waals surface area contributed by atoms with Crippen molar-refractivity contribution >= 4 is 40.0 Å².